The monoisotopic (exact) mass is 652 g/mol. The lowest BCUT2D eigenvalue weighted by Crippen LogP contribution is -2.55. The minimum Gasteiger partial charge on any atom is -0.497 e. The number of benzene rings is 2. The van der Waals surface area contributed by atoms with Crippen LogP contribution in [-0.4, -0.2) is 65.1 Å². The molecule has 2 unspecified atom stereocenters. The van der Waals surface area contributed by atoms with Crippen LogP contribution in [0.25, 0.3) is 22.2 Å². The molecule has 0 bridgehead atoms. The minimum absolute atomic E-state index is 0.0628. The first-order valence-corrected chi connectivity index (χ1v) is 15.8. The zero-order valence-corrected chi connectivity index (χ0v) is 26.4. The summed E-state index contributed by atoms with van der Waals surface area (Å²) in [5, 5.41) is 13.9. The Bertz CT molecular complexity index is 1720. The zero-order valence-electron chi connectivity index (χ0n) is 26.4. The Morgan fingerprint density at radius 1 is 1.02 bits per heavy atom. The first-order valence-electron chi connectivity index (χ1n) is 15.8. The normalized spacial score (nSPS) is 19.0. The van der Waals surface area contributed by atoms with Crippen LogP contribution in [0.15, 0.2) is 42.5 Å². The van der Waals surface area contributed by atoms with E-state index in [0.717, 1.165) is 37.7 Å². The van der Waals surface area contributed by atoms with Gasteiger partial charge in [0, 0.05) is 47.8 Å². The number of aromatic amines is 1. The van der Waals surface area contributed by atoms with Crippen LogP contribution in [0.2, 0.25) is 0 Å². The lowest BCUT2D eigenvalue weighted by atomic mass is 9.90. The van der Waals surface area contributed by atoms with Crippen molar-refractivity contribution in [2.75, 3.05) is 36.7 Å². The Balaban J connectivity index is 1.36. The highest BCUT2D eigenvalue weighted by Crippen LogP contribution is 2.38. The van der Waals surface area contributed by atoms with Crippen LogP contribution in [0.3, 0.4) is 0 Å². The number of carbonyl (C=O) groups is 1. The van der Waals surface area contributed by atoms with Crippen LogP contribution in [-0.2, 0) is 11.3 Å². The van der Waals surface area contributed by atoms with E-state index in [0.29, 0.717) is 39.5 Å². The van der Waals surface area contributed by atoms with Gasteiger partial charge in [0.25, 0.3) is 0 Å². The Kier molecular flexibility index (Phi) is 9.28. The van der Waals surface area contributed by atoms with Gasteiger partial charge < -0.3 is 30.7 Å². The number of carbonyl (C=O) groups excluding carboxylic acids is 1. The molecule has 1 amide bonds. The van der Waals surface area contributed by atoms with Crippen molar-refractivity contribution in [1.29, 1.82) is 0 Å². The Morgan fingerprint density at radius 3 is 2.57 bits per heavy atom. The van der Waals surface area contributed by atoms with E-state index in [2.05, 4.69) is 25.8 Å². The van der Waals surface area contributed by atoms with Gasteiger partial charge in [0.05, 0.1) is 31.3 Å². The fraction of sp³-hybridized carbons (Fsp3) is 0.455. The van der Waals surface area contributed by atoms with Crippen molar-refractivity contribution in [3.8, 4) is 22.8 Å². The van der Waals surface area contributed by atoms with E-state index >= 15 is 0 Å². The number of hydrogen-bond acceptors (Lipinski definition) is 9. The number of fused-ring (bicyclic) bond motifs is 1. The highest BCUT2D eigenvalue weighted by atomic mass is 19.4. The van der Waals surface area contributed by atoms with Crippen LogP contribution in [0.1, 0.15) is 50.5 Å². The van der Waals surface area contributed by atoms with E-state index in [-0.39, 0.29) is 49.6 Å². The molecule has 6 rings (SSSR count). The number of nitrogens with zero attached hydrogens (tertiary/aromatic N) is 4. The second-order valence-electron chi connectivity index (χ2n) is 12.2. The first kappa shape index (κ1) is 32.2. The third-order valence-corrected chi connectivity index (χ3v) is 9.11. The molecule has 5 N–H and O–H groups in total. The summed E-state index contributed by atoms with van der Waals surface area (Å²) in [4.78, 5) is 23.8. The van der Waals surface area contributed by atoms with Crippen LogP contribution < -0.4 is 30.7 Å². The average molecular weight is 653 g/mol. The number of alkyl halides is 3. The third-order valence-electron chi connectivity index (χ3n) is 9.11. The van der Waals surface area contributed by atoms with Crippen LogP contribution in [0.4, 0.5) is 30.8 Å². The number of anilines is 3. The van der Waals surface area contributed by atoms with Crippen molar-refractivity contribution in [3.63, 3.8) is 0 Å². The summed E-state index contributed by atoms with van der Waals surface area (Å²) in [6.45, 7) is 0.0995. The summed E-state index contributed by atoms with van der Waals surface area (Å²) in [5.74, 6) is 0.893. The number of ether oxygens (including phenoxy) is 2. The molecule has 1 saturated carbocycles. The summed E-state index contributed by atoms with van der Waals surface area (Å²) in [5.41, 5.74) is 8.40. The van der Waals surface area contributed by atoms with Gasteiger partial charge in [-0.3, -0.25) is 9.89 Å². The summed E-state index contributed by atoms with van der Waals surface area (Å²) in [7, 11) is 3.10. The van der Waals surface area contributed by atoms with E-state index in [1.165, 1.54) is 4.90 Å². The number of H-pyrrole nitrogens is 1. The third kappa shape index (κ3) is 7.15. The molecule has 2 aliphatic rings. The van der Waals surface area contributed by atoms with E-state index in [9.17, 15) is 18.0 Å². The van der Waals surface area contributed by atoms with Crippen molar-refractivity contribution in [2.24, 2.45) is 5.92 Å². The molecular formula is C33H39F3N8O3. The number of methoxy groups -OCH3 is 2. The highest BCUT2D eigenvalue weighted by molar-refractivity contribution is 5.91. The minimum atomic E-state index is -4.54. The number of nitrogens with two attached hydrogens (primary N) is 1. The maximum Gasteiger partial charge on any atom is 0.408 e. The largest absolute Gasteiger partial charge is 0.497 e. The maximum absolute atomic E-state index is 14.5. The number of aromatic nitrogens is 4. The summed E-state index contributed by atoms with van der Waals surface area (Å²) >= 11 is 0. The van der Waals surface area contributed by atoms with Crippen molar-refractivity contribution in [2.45, 2.75) is 69.8 Å². The number of rotatable bonds is 9. The second-order valence-corrected chi connectivity index (χ2v) is 12.2. The molecule has 2 fully saturated rings. The zero-order chi connectivity index (χ0) is 33.1. The molecule has 14 heteroatoms. The van der Waals surface area contributed by atoms with Gasteiger partial charge in [-0.15, -0.1) is 0 Å². The van der Waals surface area contributed by atoms with Gasteiger partial charge in [0.15, 0.2) is 5.82 Å². The van der Waals surface area contributed by atoms with E-state index in [1.807, 2.05) is 6.07 Å². The molecule has 0 spiro atoms. The molecule has 1 saturated heterocycles. The first-order chi connectivity index (χ1) is 22.6. The number of hydrogen-bond donors (Lipinski definition) is 4. The van der Waals surface area contributed by atoms with Gasteiger partial charge in [0.1, 0.15) is 23.4 Å². The van der Waals surface area contributed by atoms with Gasteiger partial charge >= 0.3 is 6.18 Å². The average Bonchev–Trinajstić information content (AvgIpc) is 3.46. The van der Waals surface area contributed by atoms with Crippen LogP contribution >= 0.6 is 0 Å². The number of piperidine rings is 1. The SMILES string of the molecule is COc1ccc(CNc2nc(-c3ccc4c(N)n[nH]c4c3)cc(N3CC(C(=O)NC4CCCCC4)CCC3C(F)(F)F)n2)c(OC)c1. The Hall–Kier alpha value is -4.75. The number of nitrogen functional groups attached to an aromatic ring is 1. The molecule has 1 aliphatic heterocycles. The van der Waals surface area contributed by atoms with Crippen molar-refractivity contribution >= 4 is 34.4 Å². The Labute approximate surface area is 270 Å². The molecular weight excluding hydrogens is 613 g/mol. The lowest BCUT2D eigenvalue weighted by molar-refractivity contribution is -0.156. The van der Waals surface area contributed by atoms with Gasteiger partial charge in [-0.1, -0.05) is 25.3 Å². The topological polar surface area (TPSA) is 143 Å². The van der Waals surface area contributed by atoms with Gasteiger partial charge in [-0.2, -0.15) is 23.3 Å². The van der Waals surface area contributed by atoms with Gasteiger partial charge in [-0.05, 0) is 49.9 Å². The molecule has 250 valence electrons. The van der Waals surface area contributed by atoms with E-state index in [4.69, 9.17) is 20.2 Å². The maximum atomic E-state index is 14.5. The summed E-state index contributed by atoms with van der Waals surface area (Å²) in [6.07, 6.45) is 0.370. The Morgan fingerprint density at radius 2 is 1.83 bits per heavy atom. The lowest BCUT2D eigenvalue weighted by Gasteiger charge is -2.41. The fourth-order valence-corrected chi connectivity index (χ4v) is 6.53. The fourth-order valence-electron chi connectivity index (χ4n) is 6.53. The molecule has 0 radical (unpaired) electrons. The predicted molar refractivity (Wildman–Crippen MR) is 173 cm³/mol. The molecule has 2 aromatic heterocycles. The van der Waals surface area contributed by atoms with Crippen LogP contribution in [0.5, 0.6) is 11.5 Å². The smallest absolute Gasteiger partial charge is 0.408 e. The van der Waals surface area contributed by atoms with E-state index < -0.39 is 18.1 Å². The molecule has 2 aromatic carbocycles. The molecule has 2 atom stereocenters. The summed E-state index contributed by atoms with van der Waals surface area (Å²) < 4.78 is 54.4. The predicted octanol–water partition coefficient (Wildman–Crippen LogP) is 5.83. The second kappa shape index (κ2) is 13.5. The number of amides is 1. The van der Waals surface area contributed by atoms with Crippen molar-refractivity contribution in [3.05, 3.63) is 48.0 Å². The number of halogens is 3. The van der Waals surface area contributed by atoms with Crippen LogP contribution in [0, 0.1) is 5.92 Å². The van der Waals surface area contributed by atoms with E-state index in [1.54, 1.807) is 50.6 Å². The molecule has 1 aliphatic carbocycles. The highest BCUT2D eigenvalue weighted by Gasteiger charge is 2.48. The quantitative estimate of drug-likeness (QED) is 0.176. The molecule has 47 heavy (non-hydrogen) atoms. The molecule has 3 heterocycles. The molecule has 4 aromatic rings. The van der Waals surface area contributed by atoms with Crippen molar-refractivity contribution < 1.29 is 27.4 Å². The standard InChI is InChI=1S/C33H39F3N8O3/c1-46-23-11-8-20(27(15-23)47-2)17-38-32-40-25(19-9-12-24-26(14-19)42-43-30(24)37)16-29(41-32)44-18-21(10-13-28(44)33(34,35)36)31(45)39-22-6-4-3-5-7-22/h8-9,11-12,14-16,21-22,28H,3-7,10,13,17-18H2,1-2H3,(H,39,45)(H3,37,42,43)(H,38,40,41). The van der Waals surface area contributed by atoms with Crippen molar-refractivity contribution in [1.82, 2.24) is 25.5 Å². The van der Waals surface area contributed by atoms with Gasteiger partial charge in [-0.25, -0.2) is 4.98 Å². The number of nitrogens with one attached hydrogen (secondary N) is 3. The van der Waals surface area contributed by atoms with Gasteiger partial charge in [0.2, 0.25) is 11.9 Å². The molecule has 11 nitrogen and oxygen atoms in total. The summed E-state index contributed by atoms with van der Waals surface area (Å²) in [6, 6.07) is 10.5.